The second kappa shape index (κ2) is 8.20. The van der Waals surface area contributed by atoms with Crippen LogP contribution in [0.25, 0.3) is 21.9 Å². The summed E-state index contributed by atoms with van der Waals surface area (Å²) in [5.74, 6) is -9.88. The van der Waals surface area contributed by atoms with Crippen molar-refractivity contribution in [3.8, 4) is 11.5 Å². The number of phenolic OH excluding ortho intramolecular Hbond substituents is 2. The van der Waals surface area contributed by atoms with E-state index in [1.54, 1.807) is 19.9 Å². The Hall–Kier alpha value is -4.68. The molecule has 0 bridgehead atoms. The summed E-state index contributed by atoms with van der Waals surface area (Å²) < 4.78 is 28.3. The van der Waals surface area contributed by atoms with Crippen LogP contribution >= 0.6 is 0 Å². The Balaban J connectivity index is 1.68. The fraction of sp³-hybridized carbons (Fsp3) is 0.333. The van der Waals surface area contributed by atoms with Gasteiger partial charge in [-0.15, -0.1) is 0 Å². The maximum Gasteiger partial charge on any atom is 0.366 e. The average molecular weight is 577 g/mol. The van der Waals surface area contributed by atoms with Crippen molar-refractivity contribution in [2.75, 3.05) is 14.2 Å². The topological polar surface area (TPSA) is 183 Å². The van der Waals surface area contributed by atoms with E-state index < -0.39 is 63.3 Å². The molecule has 2 aliphatic carbocycles. The summed E-state index contributed by atoms with van der Waals surface area (Å²) in [5.41, 5.74) is -3.22. The highest BCUT2D eigenvalue weighted by Gasteiger charge is 2.78. The van der Waals surface area contributed by atoms with E-state index in [1.807, 2.05) is 0 Å². The van der Waals surface area contributed by atoms with Gasteiger partial charge in [0.25, 0.3) is 5.79 Å². The van der Waals surface area contributed by atoms with Gasteiger partial charge in [0.15, 0.2) is 0 Å². The maximum absolute atomic E-state index is 14.2. The quantitative estimate of drug-likeness (QED) is 0.296. The molecule has 3 heterocycles. The van der Waals surface area contributed by atoms with Crippen molar-refractivity contribution in [3.63, 3.8) is 0 Å². The van der Waals surface area contributed by atoms with Crippen LogP contribution in [0, 0.1) is 25.7 Å². The lowest BCUT2D eigenvalue weighted by molar-refractivity contribution is -0.251. The number of rotatable bonds is 2. The molecule has 12 heteroatoms. The minimum atomic E-state index is -2.78. The van der Waals surface area contributed by atoms with Crippen LogP contribution in [0.3, 0.4) is 0 Å². The Morgan fingerprint density at radius 2 is 1.45 bits per heavy atom. The number of esters is 2. The summed E-state index contributed by atoms with van der Waals surface area (Å²) in [7, 11) is 2.06. The van der Waals surface area contributed by atoms with Crippen molar-refractivity contribution in [1.82, 2.24) is 0 Å². The lowest BCUT2D eigenvalue weighted by atomic mass is 9.66. The number of carbonyl (C=O) groups is 2. The van der Waals surface area contributed by atoms with Gasteiger partial charge in [0.05, 0.1) is 25.7 Å². The average Bonchev–Trinajstić information content (AvgIpc) is 3.36. The largest absolute Gasteiger partial charge is 0.507 e. The Morgan fingerprint density at radius 3 is 2.05 bits per heavy atom. The number of fused-ring (bicyclic) bond motifs is 7. The van der Waals surface area contributed by atoms with Gasteiger partial charge < -0.3 is 38.4 Å². The Morgan fingerprint density at radius 1 is 0.881 bits per heavy atom. The number of aromatic hydroxyl groups is 2. The molecule has 0 saturated carbocycles. The van der Waals surface area contributed by atoms with Crippen LogP contribution in [0.2, 0.25) is 0 Å². The van der Waals surface area contributed by atoms with E-state index in [0.29, 0.717) is 11.1 Å². The van der Waals surface area contributed by atoms with Gasteiger partial charge >= 0.3 is 11.9 Å². The maximum atomic E-state index is 14.2. The van der Waals surface area contributed by atoms with Crippen LogP contribution < -0.4 is 10.9 Å². The summed E-state index contributed by atoms with van der Waals surface area (Å²) in [6, 6.07) is 5.80. The first kappa shape index (κ1) is 26.2. The number of ether oxygens (including phenoxy) is 3. The number of aryl methyl sites for hydroxylation is 2. The van der Waals surface area contributed by atoms with Crippen LogP contribution in [0.15, 0.2) is 42.7 Å². The first-order valence-corrected chi connectivity index (χ1v) is 13.1. The Bertz CT molecular complexity index is 2040. The van der Waals surface area contributed by atoms with Crippen molar-refractivity contribution in [1.29, 1.82) is 0 Å². The van der Waals surface area contributed by atoms with Crippen LogP contribution in [0.5, 0.6) is 11.5 Å². The number of aliphatic hydroxyl groups is 1. The molecule has 2 aromatic heterocycles. The smallest absolute Gasteiger partial charge is 0.366 e. The summed E-state index contributed by atoms with van der Waals surface area (Å²) in [4.78, 5) is 55.2. The molecule has 0 spiro atoms. The molecule has 216 valence electrons. The first-order chi connectivity index (χ1) is 19.9. The third kappa shape index (κ3) is 2.92. The summed E-state index contributed by atoms with van der Waals surface area (Å²) in [5, 5.41) is 32.8. The third-order valence-corrected chi connectivity index (χ3v) is 8.79. The van der Waals surface area contributed by atoms with Gasteiger partial charge in [0.1, 0.15) is 45.0 Å². The zero-order chi connectivity index (χ0) is 30.0. The van der Waals surface area contributed by atoms with Gasteiger partial charge in [0, 0.05) is 23.8 Å². The molecule has 4 aromatic rings. The zero-order valence-electron chi connectivity index (χ0n) is 22.8. The molecule has 42 heavy (non-hydrogen) atoms. The number of hydrogen-bond donors (Lipinski definition) is 3. The molecule has 3 N–H and O–H groups in total. The fourth-order valence-electron chi connectivity index (χ4n) is 7.29. The lowest BCUT2D eigenvalue weighted by Crippen LogP contribution is -2.49. The van der Waals surface area contributed by atoms with E-state index in [0.717, 1.165) is 14.2 Å². The molecular formula is C30H24O12. The zero-order valence-corrected chi connectivity index (χ0v) is 22.8. The molecule has 0 radical (unpaired) electrons. The molecule has 1 fully saturated rings. The SMILES string of the molecule is COC(=O)[C@@]12O[C@](O)(C(=O)OC)[C@@H]3Cc4oc5cc(C)cc(O)c5c(=O)c4[C@@H](c4oc5cc(C)cc(O)c5c(=O)c41)[C@H]32. The highest BCUT2D eigenvalue weighted by molar-refractivity contribution is 5.92. The molecule has 1 saturated heterocycles. The van der Waals surface area contributed by atoms with Crippen molar-refractivity contribution in [2.24, 2.45) is 11.8 Å². The van der Waals surface area contributed by atoms with Gasteiger partial charge in [0.2, 0.25) is 16.5 Å². The fourth-order valence-corrected chi connectivity index (χ4v) is 7.29. The van der Waals surface area contributed by atoms with E-state index in [4.69, 9.17) is 23.0 Å². The summed E-state index contributed by atoms with van der Waals surface area (Å²) in [6.07, 6.45) is -0.285. The van der Waals surface area contributed by atoms with Gasteiger partial charge in [-0.2, -0.15) is 0 Å². The number of phenols is 2. The van der Waals surface area contributed by atoms with E-state index in [1.165, 1.54) is 18.2 Å². The van der Waals surface area contributed by atoms with E-state index in [-0.39, 0.29) is 51.2 Å². The Labute approximate surface area is 235 Å². The van der Waals surface area contributed by atoms with Crippen molar-refractivity contribution >= 4 is 33.9 Å². The van der Waals surface area contributed by atoms with E-state index >= 15 is 0 Å². The van der Waals surface area contributed by atoms with Crippen molar-refractivity contribution in [2.45, 2.75) is 37.6 Å². The van der Waals surface area contributed by atoms with Crippen LogP contribution in [0.4, 0.5) is 0 Å². The standard InChI is InChI=1S/C30H24O12/c1-10-5-13(31)18-15(7-10)40-17-9-12-22-21(20(17)24(18)33)26-23(25(34)19-14(32)6-11(2)8-16(19)41-26)29(22,27(35)38-3)42-30(12,37)28(36)39-4/h5-8,12,21-22,31-32,37H,9H2,1-4H3/t12-,21-,22+,29+,30+/m1/s1. The predicted molar refractivity (Wildman–Crippen MR) is 142 cm³/mol. The highest BCUT2D eigenvalue weighted by Crippen LogP contribution is 2.67. The Kier molecular flexibility index (Phi) is 5.12. The minimum absolute atomic E-state index is 0.0215. The van der Waals surface area contributed by atoms with Gasteiger partial charge in [-0.25, -0.2) is 9.59 Å². The molecule has 12 nitrogen and oxygen atoms in total. The summed E-state index contributed by atoms with van der Waals surface area (Å²) in [6.45, 7) is 3.37. The van der Waals surface area contributed by atoms with Crippen LogP contribution in [-0.2, 0) is 35.8 Å². The van der Waals surface area contributed by atoms with Gasteiger partial charge in [-0.1, -0.05) is 0 Å². The number of methoxy groups -OCH3 is 2. The molecule has 1 aliphatic heterocycles. The highest BCUT2D eigenvalue weighted by atomic mass is 16.7. The van der Waals surface area contributed by atoms with Crippen LogP contribution in [-0.4, -0.2) is 47.3 Å². The molecule has 7 rings (SSSR count). The van der Waals surface area contributed by atoms with Crippen molar-refractivity contribution < 1.29 is 48.0 Å². The molecule has 0 amide bonds. The van der Waals surface area contributed by atoms with Crippen molar-refractivity contribution in [3.05, 3.63) is 78.5 Å². The molecule has 3 aliphatic rings. The monoisotopic (exact) mass is 576 g/mol. The second-order valence-corrected chi connectivity index (χ2v) is 11.1. The molecule has 5 atom stereocenters. The lowest BCUT2D eigenvalue weighted by Gasteiger charge is -2.35. The molecule has 0 unspecified atom stereocenters. The molecular weight excluding hydrogens is 552 g/mol. The predicted octanol–water partition coefficient (Wildman–Crippen LogP) is 2.12. The number of benzene rings is 2. The van der Waals surface area contributed by atoms with E-state index in [9.17, 15) is 34.5 Å². The van der Waals surface area contributed by atoms with Gasteiger partial charge in [-0.05, 0) is 49.2 Å². The van der Waals surface area contributed by atoms with Gasteiger partial charge in [-0.3, -0.25) is 9.59 Å². The second-order valence-electron chi connectivity index (χ2n) is 11.1. The first-order valence-electron chi connectivity index (χ1n) is 13.1. The van der Waals surface area contributed by atoms with E-state index in [2.05, 4.69) is 0 Å². The molecule has 2 aromatic carbocycles. The van der Waals surface area contributed by atoms with Crippen LogP contribution in [0.1, 0.15) is 39.7 Å². The minimum Gasteiger partial charge on any atom is -0.507 e. The summed E-state index contributed by atoms with van der Waals surface area (Å²) >= 11 is 0. The number of hydrogen-bond acceptors (Lipinski definition) is 12. The normalized spacial score (nSPS) is 27.0. The third-order valence-electron chi connectivity index (χ3n) is 8.79. The number of carbonyl (C=O) groups excluding carboxylic acids is 2.